The molecule has 3 N–H and O–H groups in total. The van der Waals surface area contributed by atoms with Crippen LogP contribution in [0, 0.1) is 0 Å². The van der Waals surface area contributed by atoms with Crippen molar-refractivity contribution < 1.29 is 4.79 Å². The smallest absolute Gasteiger partial charge is 0.250 e. The highest BCUT2D eigenvalue weighted by Gasteiger charge is 2.22. The van der Waals surface area contributed by atoms with Crippen molar-refractivity contribution in [3.05, 3.63) is 49.1 Å². The molecule has 0 saturated carbocycles. The predicted molar refractivity (Wildman–Crippen MR) is 91.3 cm³/mol. The number of carbonyl (C=O) groups excluding carboxylic acids is 1. The molecule has 1 aliphatic carbocycles. The van der Waals surface area contributed by atoms with Gasteiger partial charge in [0.15, 0.2) is 0 Å². The molecule has 1 aromatic heterocycles. The minimum Gasteiger partial charge on any atom is -0.378 e. The number of halogens is 2. The Bertz CT molecular complexity index is 701. The number of nitrogens with one attached hydrogen (secondary N) is 1. The maximum Gasteiger partial charge on any atom is 0.250 e. The summed E-state index contributed by atoms with van der Waals surface area (Å²) < 4.78 is 1.16. The lowest BCUT2D eigenvalue weighted by molar-refractivity contribution is 0.100. The minimum absolute atomic E-state index is 0.262. The fourth-order valence-corrected chi connectivity index (χ4v) is 4.71. The van der Waals surface area contributed by atoms with Gasteiger partial charge in [-0.1, -0.05) is 11.6 Å². The van der Waals surface area contributed by atoms with Crippen LogP contribution < -0.4 is 11.1 Å². The Hall–Kier alpha value is -1.04. The van der Waals surface area contributed by atoms with Crippen LogP contribution in [0.2, 0.25) is 5.02 Å². The van der Waals surface area contributed by atoms with E-state index >= 15 is 0 Å². The molecular formula is C15H14BrClN2OS. The van der Waals surface area contributed by atoms with E-state index < -0.39 is 5.91 Å². The number of fused-ring (bicyclic) bond motifs is 1. The van der Waals surface area contributed by atoms with Crippen LogP contribution in [0.5, 0.6) is 0 Å². The van der Waals surface area contributed by atoms with Crippen LogP contribution in [-0.2, 0) is 6.42 Å². The first-order valence-electron chi connectivity index (χ1n) is 6.68. The number of benzene rings is 1. The standard InChI is InChI=1S/C15H14BrClN2OS/c16-14-7-10-12(2-1-3-13(10)21-14)19-8-4-5-11(17)9(6-8)15(18)20/h4-7,12,19H,1-3H2,(H2,18,20). The van der Waals surface area contributed by atoms with E-state index in [9.17, 15) is 4.79 Å². The zero-order chi connectivity index (χ0) is 15.0. The summed E-state index contributed by atoms with van der Waals surface area (Å²) in [6.07, 6.45) is 3.37. The molecule has 1 aliphatic rings. The van der Waals surface area contributed by atoms with E-state index in [1.54, 1.807) is 23.5 Å². The zero-order valence-corrected chi connectivity index (χ0v) is 14.3. The van der Waals surface area contributed by atoms with Gasteiger partial charge in [0, 0.05) is 10.6 Å². The van der Waals surface area contributed by atoms with Gasteiger partial charge < -0.3 is 11.1 Å². The first kappa shape index (κ1) is 14.9. The van der Waals surface area contributed by atoms with E-state index in [2.05, 4.69) is 27.3 Å². The number of hydrogen-bond donors (Lipinski definition) is 2. The van der Waals surface area contributed by atoms with Gasteiger partial charge in [-0.25, -0.2) is 0 Å². The number of thiophene rings is 1. The van der Waals surface area contributed by atoms with Gasteiger partial charge in [-0.2, -0.15) is 0 Å². The van der Waals surface area contributed by atoms with Crippen LogP contribution >= 0.6 is 38.9 Å². The predicted octanol–water partition coefficient (Wildman–Crippen LogP) is 4.75. The third-order valence-corrected chi connectivity index (χ3v) is 5.70. The van der Waals surface area contributed by atoms with Gasteiger partial charge in [0.2, 0.25) is 5.91 Å². The maximum absolute atomic E-state index is 11.4. The Morgan fingerprint density at radius 1 is 1.43 bits per heavy atom. The molecular weight excluding hydrogens is 372 g/mol. The van der Waals surface area contributed by atoms with E-state index in [0.717, 1.165) is 28.7 Å². The molecule has 3 rings (SSSR count). The Labute approximate surface area is 140 Å². The number of nitrogens with two attached hydrogens (primary N) is 1. The van der Waals surface area contributed by atoms with Crippen molar-refractivity contribution in [1.29, 1.82) is 0 Å². The van der Waals surface area contributed by atoms with E-state index in [-0.39, 0.29) is 6.04 Å². The molecule has 2 aromatic rings. The van der Waals surface area contributed by atoms with Crippen LogP contribution in [0.15, 0.2) is 28.1 Å². The summed E-state index contributed by atoms with van der Waals surface area (Å²) in [5.41, 5.74) is 7.90. The van der Waals surface area contributed by atoms with Crippen molar-refractivity contribution in [2.45, 2.75) is 25.3 Å². The SMILES string of the molecule is NC(=O)c1cc(NC2CCCc3sc(Br)cc32)ccc1Cl. The number of carbonyl (C=O) groups is 1. The zero-order valence-electron chi connectivity index (χ0n) is 11.2. The number of hydrogen-bond acceptors (Lipinski definition) is 3. The second kappa shape index (κ2) is 5.99. The van der Waals surface area contributed by atoms with Crippen molar-refractivity contribution in [3.8, 4) is 0 Å². The maximum atomic E-state index is 11.4. The third-order valence-electron chi connectivity index (χ3n) is 3.66. The molecule has 1 atom stereocenters. The van der Waals surface area contributed by atoms with Crippen LogP contribution in [0.1, 0.15) is 39.7 Å². The average Bonchev–Trinajstić information content (AvgIpc) is 2.82. The van der Waals surface area contributed by atoms with Crippen molar-refractivity contribution in [2.24, 2.45) is 5.73 Å². The van der Waals surface area contributed by atoms with Crippen molar-refractivity contribution in [2.75, 3.05) is 5.32 Å². The fraction of sp³-hybridized carbons (Fsp3) is 0.267. The first-order chi connectivity index (χ1) is 10.0. The summed E-state index contributed by atoms with van der Waals surface area (Å²) in [6, 6.07) is 7.75. The number of aryl methyl sites for hydroxylation is 1. The minimum atomic E-state index is -0.508. The van der Waals surface area contributed by atoms with Gasteiger partial charge in [-0.05, 0) is 65.0 Å². The molecule has 0 spiro atoms. The molecule has 21 heavy (non-hydrogen) atoms. The number of primary amides is 1. The molecule has 1 heterocycles. The summed E-state index contributed by atoms with van der Waals surface area (Å²) >= 11 is 11.3. The lowest BCUT2D eigenvalue weighted by Gasteiger charge is -2.25. The van der Waals surface area contributed by atoms with Crippen LogP contribution in [-0.4, -0.2) is 5.91 Å². The average molecular weight is 386 g/mol. The topological polar surface area (TPSA) is 55.1 Å². The Balaban J connectivity index is 1.88. The third kappa shape index (κ3) is 3.10. The summed E-state index contributed by atoms with van der Waals surface area (Å²) in [5.74, 6) is -0.508. The lowest BCUT2D eigenvalue weighted by Crippen LogP contribution is -2.17. The molecule has 1 unspecified atom stereocenters. The van der Waals surface area contributed by atoms with Crippen LogP contribution in [0.3, 0.4) is 0 Å². The van der Waals surface area contributed by atoms with E-state index in [1.807, 2.05) is 6.07 Å². The number of anilines is 1. The van der Waals surface area contributed by atoms with Crippen molar-refractivity contribution >= 4 is 50.5 Å². The molecule has 0 saturated heterocycles. The molecule has 1 amide bonds. The second-order valence-electron chi connectivity index (χ2n) is 5.08. The quantitative estimate of drug-likeness (QED) is 0.801. The molecule has 0 bridgehead atoms. The number of rotatable bonds is 3. The number of amides is 1. The van der Waals surface area contributed by atoms with Crippen LogP contribution in [0.25, 0.3) is 0 Å². The normalized spacial score (nSPS) is 17.3. The second-order valence-corrected chi connectivity index (χ2v) is 8.00. The van der Waals surface area contributed by atoms with Crippen LogP contribution in [0.4, 0.5) is 5.69 Å². The molecule has 0 aliphatic heterocycles. The molecule has 0 radical (unpaired) electrons. The summed E-state index contributed by atoms with van der Waals surface area (Å²) in [4.78, 5) is 12.8. The summed E-state index contributed by atoms with van der Waals surface area (Å²) in [6.45, 7) is 0. The van der Waals surface area contributed by atoms with Gasteiger partial charge in [-0.3, -0.25) is 4.79 Å². The fourth-order valence-electron chi connectivity index (χ4n) is 2.68. The summed E-state index contributed by atoms with van der Waals surface area (Å²) in [7, 11) is 0. The molecule has 3 nitrogen and oxygen atoms in total. The monoisotopic (exact) mass is 384 g/mol. The molecule has 1 aromatic carbocycles. The van der Waals surface area contributed by atoms with E-state index in [1.165, 1.54) is 10.4 Å². The van der Waals surface area contributed by atoms with Gasteiger partial charge in [0.25, 0.3) is 0 Å². The highest BCUT2D eigenvalue weighted by Crippen LogP contribution is 2.39. The Morgan fingerprint density at radius 2 is 2.24 bits per heavy atom. The van der Waals surface area contributed by atoms with Crippen molar-refractivity contribution in [3.63, 3.8) is 0 Å². The van der Waals surface area contributed by atoms with Gasteiger partial charge in [0.05, 0.1) is 20.4 Å². The highest BCUT2D eigenvalue weighted by atomic mass is 79.9. The van der Waals surface area contributed by atoms with Gasteiger partial charge in [0.1, 0.15) is 0 Å². The van der Waals surface area contributed by atoms with Gasteiger partial charge in [-0.15, -0.1) is 11.3 Å². The molecule has 0 fully saturated rings. The Kier molecular flexibility index (Phi) is 4.24. The van der Waals surface area contributed by atoms with E-state index in [0.29, 0.717) is 10.6 Å². The highest BCUT2D eigenvalue weighted by molar-refractivity contribution is 9.11. The first-order valence-corrected chi connectivity index (χ1v) is 8.67. The van der Waals surface area contributed by atoms with Crippen molar-refractivity contribution in [1.82, 2.24) is 0 Å². The Morgan fingerprint density at radius 3 is 3.00 bits per heavy atom. The molecule has 6 heteroatoms. The lowest BCUT2D eigenvalue weighted by atomic mass is 9.94. The van der Waals surface area contributed by atoms with E-state index in [4.69, 9.17) is 17.3 Å². The largest absolute Gasteiger partial charge is 0.378 e. The summed E-state index contributed by atoms with van der Waals surface area (Å²) in [5, 5.41) is 3.88. The van der Waals surface area contributed by atoms with Gasteiger partial charge >= 0.3 is 0 Å². The molecule has 110 valence electrons.